The van der Waals surface area contributed by atoms with E-state index in [2.05, 4.69) is 20.3 Å². The van der Waals surface area contributed by atoms with Crippen LogP contribution in [0.1, 0.15) is 5.82 Å². The first kappa shape index (κ1) is 17.2. The maximum atomic E-state index is 6.03. The SMILES string of the molecule is COc1ccc(-c2csc3nc(C)nc(Oc4cccnc4)c23)cc1OC. The third kappa shape index (κ3) is 3.29. The van der Waals surface area contributed by atoms with Crippen molar-refractivity contribution in [2.75, 3.05) is 14.2 Å². The molecule has 0 saturated carbocycles. The van der Waals surface area contributed by atoms with Crippen molar-refractivity contribution in [3.8, 4) is 34.3 Å². The van der Waals surface area contributed by atoms with Crippen LogP contribution in [0.5, 0.6) is 23.1 Å². The third-order valence-corrected chi connectivity index (χ3v) is 4.93. The standard InChI is InChI=1S/C20H17N3O3S/c1-12-22-19(26-14-5-4-8-21-10-14)18-15(11-27-20(18)23-12)13-6-7-16(24-2)17(9-13)25-3/h4-11H,1-3H3. The molecule has 0 spiro atoms. The number of pyridine rings is 1. The molecule has 0 radical (unpaired) electrons. The van der Waals surface area contributed by atoms with E-state index in [-0.39, 0.29) is 0 Å². The summed E-state index contributed by atoms with van der Waals surface area (Å²) in [5, 5.41) is 2.91. The van der Waals surface area contributed by atoms with Gasteiger partial charge in [0, 0.05) is 17.1 Å². The first-order chi connectivity index (χ1) is 13.2. The van der Waals surface area contributed by atoms with Crippen LogP contribution in [-0.4, -0.2) is 29.2 Å². The Labute approximate surface area is 160 Å². The van der Waals surface area contributed by atoms with Crippen molar-refractivity contribution in [3.63, 3.8) is 0 Å². The van der Waals surface area contributed by atoms with Gasteiger partial charge in [0.25, 0.3) is 0 Å². The summed E-state index contributed by atoms with van der Waals surface area (Å²) in [6.07, 6.45) is 3.36. The van der Waals surface area contributed by atoms with Crippen LogP contribution in [0.25, 0.3) is 21.3 Å². The summed E-state index contributed by atoms with van der Waals surface area (Å²) < 4.78 is 16.8. The van der Waals surface area contributed by atoms with Gasteiger partial charge in [-0.3, -0.25) is 4.98 Å². The van der Waals surface area contributed by atoms with E-state index < -0.39 is 0 Å². The predicted octanol–water partition coefficient (Wildman–Crippen LogP) is 4.87. The van der Waals surface area contributed by atoms with Gasteiger partial charge in [-0.2, -0.15) is 4.98 Å². The summed E-state index contributed by atoms with van der Waals surface area (Å²) in [6, 6.07) is 9.47. The maximum absolute atomic E-state index is 6.03. The molecule has 0 aliphatic rings. The Bertz CT molecular complexity index is 1100. The normalized spacial score (nSPS) is 10.8. The largest absolute Gasteiger partial charge is 0.493 e. The maximum Gasteiger partial charge on any atom is 0.232 e. The number of fused-ring (bicyclic) bond motifs is 1. The molecule has 0 amide bonds. The number of aryl methyl sites for hydroxylation is 1. The smallest absolute Gasteiger partial charge is 0.232 e. The molecule has 136 valence electrons. The number of hydrogen-bond acceptors (Lipinski definition) is 7. The lowest BCUT2D eigenvalue weighted by Crippen LogP contribution is -1.95. The zero-order chi connectivity index (χ0) is 18.8. The predicted molar refractivity (Wildman–Crippen MR) is 105 cm³/mol. The molecule has 0 aliphatic carbocycles. The minimum absolute atomic E-state index is 0.511. The number of rotatable bonds is 5. The highest BCUT2D eigenvalue weighted by molar-refractivity contribution is 7.17. The Balaban J connectivity index is 1.87. The zero-order valence-electron chi connectivity index (χ0n) is 15.1. The summed E-state index contributed by atoms with van der Waals surface area (Å²) in [4.78, 5) is 14.0. The van der Waals surface area contributed by atoms with Gasteiger partial charge in [-0.15, -0.1) is 11.3 Å². The molecule has 6 nitrogen and oxygen atoms in total. The van der Waals surface area contributed by atoms with Crippen molar-refractivity contribution in [1.82, 2.24) is 15.0 Å². The lowest BCUT2D eigenvalue weighted by molar-refractivity contribution is 0.355. The second-order valence-corrected chi connectivity index (χ2v) is 6.62. The lowest BCUT2D eigenvalue weighted by atomic mass is 10.1. The first-order valence-corrected chi connectivity index (χ1v) is 9.13. The highest BCUT2D eigenvalue weighted by atomic mass is 32.1. The van der Waals surface area contributed by atoms with Gasteiger partial charge < -0.3 is 14.2 Å². The van der Waals surface area contributed by atoms with E-state index in [1.54, 1.807) is 38.0 Å². The fourth-order valence-corrected chi connectivity index (χ4v) is 3.80. The molecule has 0 aliphatic heterocycles. The molecule has 1 aromatic carbocycles. The number of thiophene rings is 1. The van der Waals surface area contributed by atoms with Gasteiger partial charge in [0.15, 0.2) is 11.5 Å². The Morgan fingerprint density at radius 2 is 1.85 bits per heavy atom. The van der Waals surface area contributed by atoms with Crippen molar-refractivity contribution in [1.29, 1.82) is 0 Å². The summed E-state index contributed by atoms with van der Waals surface area (Å²) in [5.74, 6) is 3.14. The molecule has 4 rings (SSSR count). The van der Waals surface area contributed by atoms with E-state index in [4.69, 9.17) is 14.2 Å². The third-order valence-electron chi connectivity index (χ3n) is 4.06. The van der Waals surface area contributed by atoms with Crippen molar-refractivity contribution < 1.29 is 14.2 Å². The molecular formula is C20H17N3O3S. The van der Waals surface area contributed by atoms with Gasteiger partial charge in [-0.25, -0.2) is 4.98 Å². The van der Waals surface area contributed by atoms with E-state index in [1.807, 2.05) is 37.3 Å². The van der Waals surface area contributed by atoms with E-state index >= 15 is 0 Å². The van der Waals surface area contributed by atoms with E-state index in [1.165, 1.54) is 0 Å². The second kappa shape index (κ2) is 7.20. The van der Waals surface area contributed by atoms with Crippen molar-refractivity contribution in [3.05, 3.63) is 53.9 Å². The molecule has 7 heteroatoms. The average Bonchev–Trinajstić information content (AvgIpc) is 3.12. The Morgan fingerprint density at radius 1 is 1.00 bits per heavy atom. The van der Waals surface area contributed by atoms with Gasteiger partial charge in [0.1, 0.15) is 16.4 Å². The molecule has 3 aromatic heterocycles. The van der Waals surface area contributed by atoms with Crippen LogP contribution in [-0.2, 0) is 0 Å². The highest BCUT2D eigenvalue weighted by Crippen LogP contribution is 2.41. The van der Waals surface area contributed by atoms with Crippen molar-refractivity contribution in [2.24, 2.45) is 0 Å². The monoisotopic (exact) mass is 379 g/mol. The zero-order valence-corrected chi connectivity index (χ0v) is 15.9. The van der Waals surface area contributed by atoms with Crippen LogP contribution in [0.3, 0.4) is 0 Å². The minimum Gasteiger partial charge on any atom is -0.493 e. The average molecular weight is 379 g/mol. The van der Waals surface area contributed by atoms with Crippen LogP contribution in [0, 0.1) is 6.92 Å². The Kier molecular flexibility index (Phi) is 4.60. The summed E-state index contributed by atoms with van der Waals surface area (Å²) in [6.45, 7) is 1.85. The Morgan fingerprint density at radius 3 is 2.59 bits per heavy atom. The number of nitrogens with zero attached hydrogens (tertiary/aromatic N) is 3. The lowest BCUT2D eigenvalue weighted by Gasteiger charge is -2.11. The number of hydrogen-bond donors (Lipinski definition) is 0. The van der Waals surface area contributed by atoms with Gasteiger partial charge in [-0.05, 0) is 36.8 Å². The molecule has 27 heavy (non-hydrogen) atoms. The molecule has 0 unspecified atom stereocenters. The van der Waals surface area contributed by atoms with E-state index in [0.29, 0.717) is 29.0 Å². The number of aromatic nitrogens is 3. The van der Waals surface area contributed by atoms with Crippen LogP contribution in [0.4, 0.5) is 0 Å². The second-order valence-electron chi connectivity index (χ2n) is 5.77. The van der Waals surface area contributed by atoms with Gasteiger partial charge in [0.2, 0.25) is 5.88 Å². The highest BCUT2D eigenvalue weighted by Gasteiger charge is 2.17. The minimum atomic E-state index is 0.511. The van der Waals surface area contributed by atoms with Crippen LogP contribution >= 0.6 is 11.3 Å². The quantitative estimate of drug-likeness (QED) is 0.493. The van der Waals surface area contributed by atoms with Crippen molar-refractivity contribution in [2.45, 2.75) is 6.92 Å². The number of methoxy groups -OCH3 is 2. The molecule has 0 bridgehead atoms. The molecular weight excluding hydrogens is 362 g/mol. The molecule has 0 atom stereocenters. The van der Waals surface area contributed by atoms with Crippen molar-refractivity contribution >= 4 is 21.6 Å². The van der Waals surface area contributed by atoms with Gasteiger partial charge in [0.05, 0.1) is 25.8 Å². The van der Waals surface area contributed by atoms with Gasteiger partial charge in [-0.1, -0.05) is 6.07 Å². The van der Waals surface area contributed by atoms with Crippen LogP contribution < -0.4 is 14.2 Å². The molecule has 0 fully saturated rings. The molecule has 4 aromatic rings. The van der Waals surface area contributed by atoms with E-state index in [0.717, 1.165) is 21.3 Å². The fourth-order valence-electron chi connectivity index (χ4n) is 2.82. The summed E-state index contributed by atoms with van der Waals surface area (Å²) in [7, 11) is 3.24. The molecule has 0 saturated heterocycles. The number of benzene rings is 1. The number of ether oxygens (including phenoxy) is 3. The summed E-state index contributed by atoms with van der Waals surface area (Å²) >= 11 is 1.55. The molecule has 3 heterocycles. The van der Waals surface area contributed by atoms with Crippen LogP contribution in [0.15, 0.2) is 48.1 Å². The fraction of sp³-hybridized carbons (Fsp3) is 0.150. The van der Waals surface area contributed by atoms with Gasteiger partial charge >= 0.3 is 0 Å². The van der Waals surface area contributed by atoms with E-state index in [9.17, 15) is 0 Å². The summed E-state index contributed by atoms with van der Waals surface area (Å²) in [5.41, 5.74) is 1.96. The first-order valence-electron chi connectivity index (χ1n) is 8.25. The topological polar surface area (TPSA) is 66.4 Å². The molecule has 0 N–H and O–H groups in total. The van der Waals surface area contributed by atoms with Crippen LogP contribution in [0.2, 0.25) is 0 Å². The Hall–Kier alpha value is -3.19.